The Balaban J connectivity index is 1.28. The Kier molecular flexibility index (Phi) is 9.26. The van der Waals surface area contributed by atoms with Gasteiger partial charge in [-0.1, -0.05) is 61.6 Å². The van der Waals surface area contributed by atoms with Gasteiger partial charge in [0.15, 0.2) is 0 Å². The average molecular weight is 790 g/mol. The van der Waals surface area contributed by atoms with Crippen LogP contribution in [-0.4, -0.2) is 82.6 Å². The van der Waals surface area contributed by atoms with Crippen LogP contribution >= 0.6 is 22.6 Å². The fourth-order valence-corrected chi connectivity index (χ4v) is 8.52. The van der Waals surface area contributed by atoms with Crippen LogP contribution in [0, 0.1) is 5.41 Å². The molecule has 1 saturated heterocycles. The number of sulfonamides is 1. The lowest BCUT2D eigenvalue weighted by molar-refractivity contribution is -0.141. The number of hydrogen-bond donors (Lipinski definition) is 3. The van der Waals surface area contributed by atoms with Gasteiger partial charge in [0, 0.05) is 27.6 Å². The number of para-hydroxylation sites is 1. The van der Waals surface area contributed by atoms with E-state index < -0.39 is 56.2 Å². The predicted octanol–water partition coefficient (Wildman–Crippen LogP) is 3.79. The predicted molar refractivity (Wildman–Crippen MR) is 190 cm³/mol. The van der Waals surface area contributed by atoms with Gasteiger partial charge in [-0.15, -0.1) is 0 Å². The maximum absolute atomic E-state index is 14.5. The maximum Gasteiger partial charge on any atom is 0.260 e. The van der Waals surface area contributed by atoms with Crippen molar-refractivity contribution >= 4 is 66.8 Å². The number of likely N-dealkylation sites (tertiary alicyclic amines) is 1. The van der Waals surface area contributed by atoms with Gasteiger partial charge in [0.1, 0.15) is 29.5 Å². The average Bonchev–Trinajstić information content (AvgIpc) is 3.96. The van der Waals surface area contributed by atoms with Crippen LogP contribution in [0.2, 0.25) is 0 Å². The number of fused-ring (bicyclic) bond motifs is 1. The van der Waals surface area contributed by atoms with Gasteiger partial charge in [-0.05, 0) is 66.5 Å². The Morgan fingerprint density at radius 3 is 2.42 bits per heavy atom. The molecule has 1 unspecified atom stereocenters. The summed E-state index contributed by atoms with van der Waals surface area (Å²) in [6.07, 6.45) is 2.44. The quantitative estimate of drug-likeness (QED) is 0.195. The molecule has 256 valence electrons. The van der Waals surface area contributed by atoms with E-state index in [-0.39, 0.29) is 29.2 Å². The number of carbonyl (C=O) groups excluding carboxylic acids is 3. The summed E-state index contributed by atoms with van der Waals surface area (Å²) >= 11 is 2.05. The van der Waals surface area contributed by atoms with Gasteiger partial charge in [-0.25, -0.2) is 13.4 Å². The smallest absolute Gasteiger partial charge is 0.260 e. The number of pyridine rings is 1. The van der Waals surface area contributed by atoms with Crippen LogP contribution in [0.3, 0.4) is 0 Å². The largest absolute Gasteiger partial charge is 0.497 e. The van der Waals surface area contributed by atoms with Crippen molar-refractivity contribution in [2.45, 2.75) is 79.4 Å². The van der Waals surface area contributed by atoms with Crippen LogP contribution in [-0.2, 0) is 24.4 Å². The summed E-state index contributed by atoms with van der Waals surface area (Å²) in [6, 6.07) is 15.1. The van der Waals surface area contributed by atoms with E-state index in [0.717, 1.165) is 16.5 Å². The molecule has 2 saturated carbocycles. The molecule has 14 heteroatoms. The number of ether oxygens (including phenoxy) is 2. The zero-order chi connectivity index (χ0) is 34.4. The number of halogens is 1. The highest BCUT2D eigenvalue weighted by atomic mass is 127. The summed E-state index contributed by atoms with van der Waals surface area (Å²) in [5.41, 5.74) is -1.19. The summed E-state index contributed by atoms with van der Waals surface area (Å²) in [4.78, 5) is 47.9. The molecule has 5 atom stereocenters. The normalized spacial score (nSPS) is 24.4. The number of benzene rings is 2. The first-order valence-electron chi connectivity index (χ1n) is 16.0. The Hall–Kier alpha value is -3.66. The highest BCUT2D eigenvalue weighted by Crippen LogP contribution is 2.44. The Labute approximate surface area is 293 Å². The van der Waals surface area contributed by atoms with Crippen LogP contribution in [0.25, 0.3) is 10.8 Å². The molecular weight excluding hydrogens is 749 g/mol. The van der Waals surface area contributed by atoms with Gasteiger partial charge in [-0.3, -0.25) is 19.1 Å². The van der Waals surface area contributed by atoms with Crippen LogP contribution in [0.15, 0.2) is 60.8 Å². The van der Waals surface area contributed by atoms with Crippen LogP contribution < -0.4 is 24.8 Å². The summed E-state index contributed by atoms with van der Waals surface area (Å²) in [5.74, 6) is -0.552. The number of aromatic nitrogens is 1. The standard InChI is InChI=1S/C34H40IN5O7S/c1-33(2,3)28(37-21-8-6-5-7-9-21)31(42)40-19-23(47-30-25-13-10-22(46-4)16-20(25)14-15-36-30)17-26(40)29(41)38-34(18-27(34)35)32(43)39-48(44,45)24-11-12-24/h5-10,13-16,23-24,26-28,37H,11-12,17-19H2,1-4H3,(H,38,41)(H,39,43)/t23-,26+,27-,28?,34-/m1/s1. The third-order valence-electron chi connectivity index (χ3n) is 9.08. The second kappa shape index (κ2) is 13.0. The zero-order valence-corrected chi connectivity index (χ0v) is 30.2. The van der Waals surface area contributed by atoms with E-state index in [1.807, 2.05) is 98.0 Å². The van der Waals surface area contributed by atoms with Crippen LogP contribution in [0.1, 0.15) is 46.5 Å². The van der Waals surface area contributed by atoms with Crippen molar-refractivity contribution in [3.63, 3.8) is 0 Å². The van der Waals surface area contributed by atoms with E-state index in [1.54, 1.807) is 13.3 Å². The minimum Gasteiger partial charge on any atom is -0.497 e. The van der Waals surface area contributed by atoms with Crippen molar-refractivity contribution in [3.8, 4) is 11.6 Å². The van der Waals surface area contributed by atoms with Gasteiger partial charge in [-0.2, -0.15) is 0 Å². The number of carbonyl (C=O) groups is 3. The summed E-state index contributed by atoms with van der Waals surface area (Å²) in [5, 5.41) is 7.24. The summed E-state index contributed by atoms with van der Waals surface area (Å²) in [7, 11) is -2.23. The first-order chi connectivity index (χ1) is 22.7. The number of amides is 3. The molecule has 1 aliphatic heterocycles. The van der Waals surface area contributed by atoms with E-state index in [0.29, 0.717) is 24.5 Å². The Morgan fingerprint density at radius 2 is 1.79 bits per heavy atom. The molecule has 3 aliphatic rings. The van der Waals surface area contributed by atoms with E-state index in [4.69, 9.17) is 9.47 Å². The van der Waals surface area contributed by atoms with Crippen molar-refractivity contribution in [2.75, 3.05) is 19.0 Å². The fourth-order valence-electron chi connectivity index (χ4n) is 6.03. The SMILES string of the molecule is COc1ccc2c(O[C@@H]3C[C@@H](C(=O)N[C@]4(C(=O)NS(=O)(=O)C5CC5)C[C@H]4I)N(C(=O)C(Nc4ccccc4)C(C)(C)C)C3)nccc2c1. The third kappa shape index (κ3) is 7.05. The summed E-state index contributed by atoms with van der Waals surface area (Å²) < 4.78 is 38.8. The summed E-state index contributed by atoms with van der Waals surface area (Å²) in [6.45, 7) is 5.94. The Bertz CT molecular complexity index is 1830. The monoisotopic (exact) mass is 789 g/mol. The molecule has 0 spiro atoms. The number of rotatable bonds is 11. The van der Waals surface area contributed by atoms with Gasteiger partial charge < -0.3 is 25.0 Å². The molecular formula is C34H40IN5O7S. The van der Waals surface area contributed by atoms with Gasteiger partial charge in [0.25, 0.3) is 5.91 Å². The molecule has 3 N–H and O–H groups in total. The van der Waals surface area contributed by atoms with Gasteiger partial charge >= 0.3 is 0 Å². The van der Waals surface area contributed by atoms with Crippen LogP contribution in [0.4, 0.5) is 5.69 Å². The maximum atomic E-state index is 14.5. The molecule has 48 heavy (non-hydrogen) atoms. The number of anilines is 1. The molecule has 6 rings (SSSR count). The van der Waals surface area contributed by atoms with Crippen molar-refractivity contribution in [1.82, 2.24) is 19.9 Å². The molecule has 12 nitrogen and oxygen atoms in total. The molecule has 0 radical (unpaired) electrons. The Morgan fingerprint density at radius 1 is 1.08 bits per heavy atom. The second-order valence-electron chi connectivity index (χ2n) is 13.8. The lowest BCUT2D eigenvalue weighted by Crippen LogP contribution is -2.58. The van der Waals surface area contributed by atoms with E-state index in [2.05, 4.69) is 20.3 Å². The van der Waals surface area contributed by atoms with E-state index in [9.17, 15) is 22.8 Å². The van der Waals surface area contributed by atoms with E-state index in [1.165, 1.54) is 4.90 Å². The molecule has 2 aliphatic carbocycles. The molecule has 2 aromatic carbocycles. The minimum atomic E-state index is -3.82. The highest BCUT2D eigenvalue weighted by Gasteiger charge is 2.62. The topological polar surface area (TPSA) is 156 Å². The first kappa shape index (κ1) is 34.2. The fraction of sp³-hybridized carbons (Fsp3) is 0.471. The second-order valence-corrected chi connectivity index (χ2v) is 17.3. The molecule has 3 amide bonds. The third-order valence-corrected chi connectivity index (χ3v) is 12.4. The molecule has 0 bridgehead atoms. The van der Waals surface area contributed by atoms with Crippen molar-refractivity contribution in [1.29, 1.82) is 0 Å². The first-order valence-corrected chi connectivity index (χ1v) is 18.7. The van der Waals surface area contributed by atoms with E-state index >= 15 is 0 Å². The van der Waals surface area contributed by atoms with Crippen LogP contribution in [0.5, 0.6) is 11.6 Å². The van der Waals surface area contributed by atoms with Gasteiger partial charge in [0.05, 0.1) is 18.9 Å². The minimum absolute atomic E-state index is 0.0944. The van der Waals surface area contributed by atoms with Crippen molar-refractivity contribution in [3.05, 3.63) is 60.8 Å². The number of nitrogens with zero attached hydrogens (tertiary/aromatic N) is 2. The van der Waals surface area contributed by atoms with Crippen molar-refractivity contribution in [2.24, 2.45) is 5.41 Å². The molecule has 3 fully saturated rings. The van der Waals surface area contributed by atoms with Gasteiger partial charge in [0.2, 0.25) is 27.7 Å². The highest BCUT2D eigenvalue weighted by molar-refractivity contribution is 14.1. The lowest BCUT2D eigenvalue weighted by atomic mass is 9.85. The molecule has 1 aromatic heterocycles. The number of nitrogens with one attached hydrogen (secondary N) is 3. The zero-order valence-electron chi connectivity index (χ0n) is 27.2. The number of hydrogen-bond acceptors (Lipinski definition) is 9. The number of alkyl halides is 1. The molecule has 2 heterocycles. The number of methoxy groups -OCH3 is 1. The van der Waals surface area contributed by atoms with Crippen molar-refractivity contribution < 1.29 is 32.3 Å². The lowest BCUT2D eigenvalue weighted by Gasteiger charge is -2.36. The molecule has 3 aromatic rings.